The number of nitrogens with one attached hydrogen (secondary N) is 1. The highest BCUT2D eigenvalue weighted by molar-refractivity contribution is 6.14. The second-order valence-corrected chi connectivity index (χ2v) is 13.1. The van der Waals surface area contributed by atoms with Crippen LogP contribution in [-0.2, 0) is 33.3 Å². The van der Waals surface area contributed by atoms with Crippen molar-refractivity contribution in [2.45, 2.75) is 50.4 Å². The predicted octanol–water partition coefficient (Wildman–Crippen LogP) is 5.72. The summed E-state index contributed by atoms with van der Waals surface area (Å²) in [5.74, 6) is -0.855. The summed E-state index contributed by atoms with van der Waals surface area (Å²) in [6, 6.07) is 34.7. The fourth-order valence-electron chi connectivity index (χ4n) is 7.21. The number of carbonyl (C=O) groups excluding carboxylic acids is 4. The van der Waals surface area contributed by atoms with Crippen molar-refractivity contribution < 1.29 is 19.2 Å². The van der Waals surface area contributed by atoms with E-state index < -0.39 is 10.8 Å². The van der Waals surface area contributed by atoms with Crippen LogP contribution in [0, 0.1) is 0 Å². The number of carbonyl (C=O) groups is 4. The van der Waals surface area contributed by atoms with E-state index in [0.717, 1.165) is 22.3 Å². The summed E-state index contributed by atoms with van der Waals surface area (Å²) < 4.78 is 0. The average molecular weight is 628 g/mol. The quantitative estimate of drug-likeness (QED) is 0.160. The molecule has 1 N–H and O–H groups in total. The van der Waals surface area contributed by atoms with E-state index in [1.54, 1.807) is 0 Å². The van der Waals surface area contributed by atoms with Gasteiger partial charge in [-0.1, -0.05) is 97.1 Å². The Morgan fingerprint density at radius 3 is 1.28 bits per heavy atom. The second-order valence-electron chi connectivity index (χ2n) is 13.1. The standard InChI is InChI=1S/C40H41N3O4/c1-39(27-29-15-5-3-6-16-29)33-21-11-9-19-31(33)35(44)42(37(39)46)25-13-23-41-24-14-26-43-36(45)32-20-10-12-22-34(32)40(2,38(43)47)28-30-17-7-4-8-18-30/h3-12,15-22,41H,13-14,23-28H2,1-2H3. The number of hydrogen-bond acceptors (Lipinski definition) is 5. The van der Waals surface area contributed by atoms with Gasteiger partial charge in [-0.25, -0.2) is 0 Å². The first kappa shape index (κ1) is 32.1. The molecule has 0 aliphatic carbocycles. The van der Waals surface area contributed by atoms with E-state index in [4.69, 9.17) is 0 Å². The molecule has 4 aromatic rings. The number of nitrogens with zero attached hydrogens (tertiary/aromatic N) is 2. The Hall–Kier alpha value is -4.88. The van der Waals surface area contributed by atoms with E-state index >= 15 is 0 Å². The average Bonchev–Trinajstić information content (AvgIpc) is 3.10. The number of hydrogen-bond donors (Lipinski definition) is 1. The first-order valence-electron chi connectivity index (χ1n) is 16.4. The summed E-state index contributed by atoms with van der Waals surface area (Å²) in [6.45, 7) is 5.66. The van der Waals surface area contributed by atoms with Crippen LogP contribution < -0.4 is 5.32 Å². The minimum absolute atomic E-state index is 0.175. The highest BCUT2D eigenvalue weighted by atomic mass is 16.2. The van der Waals surface area contributed by atoms with Crippen molar-refractivity contribution in [3.05, 3.63) is 143 Å². The van der Waals surface area contributed by atoms with Gasteiger partial charge in [0.15, 0.2) is 0 Å². The Morgan fingerprint density at radius 2 is 0.872 bits per heavy atom. The maximum absolute atomic E-state index is 13.9. The van der Waals surface area contributed by atoms with Gasteiger partial charge in [0.05, 0.1) is 10.8 Å². The van der Waals surface area contributed by atoms with Gasteiger partial charge in [0, 0.05) is 24.2 Å². The van der Waals surface area contributed by atoms with Gasteiger partial charge in [-0.3, -0.25) is 29.0 Å². The van der Waals surface area contributed by atoms with E-state index in [9.17, 15) is 19.2 Å². The molecule has 2 unspecified atom stereocenters. The SMILES string of the molecule is CC1(Cc2ccccc2)C(=O)N(CCCNCCCN2C(=O)c3ccccc3C(C)(Cc3ccccc3)C2=O)C(=O)c2ccccc21. The zero-order chi connectivity index (χ0) is 33.0. The minimum atomic E-state index is -0.847. The van der Waals surface area contributed by atoms with E-state index in [2.05, 4.69) is 5.32 Å². The molecule has 2 atom stereocenters. The molecule has 2 heterocycles. The molecule has 7 heteroatoms. The number of imide groups is 2. The maximum atomic E-state index is 13.9. The van der Waals surface area contributed by atoms with Crippen LogP contribution >= 0.6 is 0 Å². The monoisotopic (exact) mass is 627 g/mol. The lowest BCUT2D eigenvalue weighted by atomic mass is 9.71. The number of amides is 4. The van der Waals surface area contributed by atoms with Crippen molar-refractivity contribution in [3.8, 4) is 0 Å². The van der Waals surface area contributed by atoms with Gasteiger partial charge >= 0.3 is 0 Å². The van der Waals surface area contributed by atoms with Gasteiger partial charge < -0.3 is 5.32 Å². The van der Waals surface area contributed by atoms with Crippen LogP contribution in [0.3, 0.4) is 0 Å². The van der Waals surface area contributed by atoms with Crippen molar-refractivity contribution in [2.24, 2.45) is 0 Å². The fourth-order valence-corrected chi connectivity index (χ4v) is 7.21. The Morgan fingerprint density at radius 1 is 0.511 bits per heavy atom. The van der Waals surface area contributed by atoms with Crippen LogP contribution in [0.2, 0.25) is 0 Å². The van der Waals surface area contributed by atoms with E-state index in [1.165, 1.54) is 9.80 Å². The van der Waals surface area contributed by atoms with Gasteiger partial charge in [0.2, 0.25) is 11.8 Å². The molecular formula is C40H41N3O4. The van der Waals surface area contributed by atoms with Crippen LogP contribution in [0.1, 0.15) is 69.7 Å². The molecule has 7 nitrogen and oxygen atoms in total. The summed E-state index contributed by atoms with van der Waals surface area (Å²) in [7, 11) is 0. The van der Waals surface area contributed by atoms with Crippen LogP contribution in [-0.4, -0.2) is 59.6 Å². The summed E-state index contributed by atoms with van der Waals surface area (Å²) in [6.07, 6.45) is 2.19. The fraction of sp³-hybridized carbons (Fsp3) is 0.300. The Kier molecular flexibility index (Phi) is 9.19. The van der Waals surface area contributed by atoms with Gasteiger partial charge in [-0.15, -0.1) is 0 Å². The number of rotatable bonds is 12. The minimum Gasteiger partial charge on any atom is -0.317 e. The van der Waals surface area contributed by atoms with Crippen LogP contribution in [0.5, 0.6) is 0 Å². The molecule has 0 saturated heterocycles. The number of benzene rings is 4. The first-order valence-corrected chi connectivity index (χ1v) is 16.4. The Labute approximate surface area is 276 Å². The molecule has 0 aromatic heterocycles. The molecule has 240 valence electrons. The predicted molar refractivity (Wildman–Crippen MR) is 182 cm³/mol. The molecule has 0 radical (unpaired) electrons. The molecule has 6 rings (SSSR count). The lowest BCUT2D eigenvalue weighted by Gasteiger charge is -2.40. The van der Waals surface area contributed by atoms with Crippen molar-refractivity contribution in [1.82, 2.24) is 15.1 Å². The van der Waals surface area contributed by atoms with Crippen molar-refractivity contribution >= 4 is 23.6 Å². The second kappa shape index (κ2) is 13.5. The van der Waals surface area contributed by atoms with Crippen LogP contribution in [0.4, 0.5) is 0 Å². The molecule has 0 spiro atoms. The van der Waals surface area contributed by atoms with Crippen molar-refractivity contribution in [2.75, 3.05) is 26.2 Å². The molecule has 0 fully saturated rings. The first-order chi connectivity index (χ1) is 22.7. The smallest absolute Gasteiger partial charge is 0.260 e. The third-order valence-electron chi connectivity index (χ3n) is 9.70. The maximum Gasteiger partial charge on any atom is 0.260 e. The topological polar surface area (TPSA) is 86.8 Å². The highest BCUT2D eigenvalue weighted by Gasteiger charge is 2.48. The van der Waals surface area contributed by atoms with Crippen LogP contribution in [0.15, 0.2) is 109 Å². The lowest BCUT2D eigenvalue weighted by Crippen LogP contribution is -2.54. The van der Waals surface area contributed by atoms with E-state index in [0.29, 0.717) is 63.0 Å². The molecular weight excluding hydrogens is 586 g/mol. The zero-order valence-electron chi connectivity index (χ0n) is 27.1. The molecule has 4 amide bonds. The van der Waals surface area contributed by atoms with Gasteiger partial charge in [0.1, 0.15) is 0 Å². The molecule has 0 bridgehead atoms. The summed E-state index contributed by atoms with van der Waals surface area (Å²) >= 11 is 0. The zero-order valence-corrected chi connectivity index (χ0v) is 27.1. The molecule has 2 aliphatic rings. The van der Waals surface area contributed by atoms with Crippen molar-refractivity contribution in [1.29, 1.82) is 0 Å². The summed E-state index contributed by atoms with van der Waals surface area (Å²) in [4.78, 5) is 57.5. The molecule has 47 heavy (non-hydrogen) atoms. The third-order valence-corrected chi connectivity index (χ3v) is 9.70. The van der Waals surface area contributed by atoms with Gasteiger partial charge in [0.25, 0.3) is 11.8 Å². The van der Waals surface area contributed by atoms with Gasteiger partial charge in [-0.2, -0.15) is 0 Å². The highest BCUT2D eigenvalue weighted by Crippen LogP contribution is 2.39. The lowest BCUT2D eigenvalue weighted by molar-refractivity contribution is -0.135. The summed E-state index contributed by atoms with van der Waals surface area (Å²) in [5, 5.41) is 3.38. The summed E-state index contributed by atoms with van der Waals surface area (Å²) in [5.41, 5.74) is 3.11. The van der Waals surface area contributed by atoms with E-state index in [-0.39, 0.29) is 23.6 Å². The van der Waals surface area contributed by atoms with Crippen LogP contribution in [0.25, 0.3) is 0 Å². The normalized spacial score (nSPS) is 20.7. The molecule has 2 aliphatic heterocycles. The molecule has 0 saturated carbocycles. The Bertz CT molecular complexity index is 1660. The Balaban J connectivity index is 1.05. The van der Waals surface area contributed by atoms with Gasteiger partial charge in [-0.05, 0) is 87.0 Å². The molecule has 4 aromatic carbocycles. The number of fused-ring (bicyclic) bond motifs is 2. The third kappa shape index (κ3) is 6.15. The van der Waals surface area contributed by atoms with Crippen molar-refractivity contribution in [3.63, 3.8) is 0 Å². The largest absolute Gasteiger partial charge is 0.317 e. The van der Waals surface area contributed by atoms with E-state index in [1.807, 2.05) is 123 Å².